The van der Waals surface area contributed by atoms with Crippen LogP contribution in [-0.4, -0.2) is 40.1 Å². The first-order valence-corrected chi connectivity index (χ1v) is 12.9. The predicted molar refractivity (Wildman–Crippen MR) is 133 cm³/mol. The van der Waals surface area contributed by atoms with Crippen molar-refractivity contribution in [2.75, 3.05) is 6.54 Å². The number of allylic oxidation sites excluding steroid dienone is 2. The molecule has 0 unspecified atom stereocenters. The van der Waals surface area contributed by atoms with Gasteiger partial charge < -0.3 is 0 Å². The van der Waals surface area contributed by atoms with Gasteiger partial charge in [-0.2, -0.15) is 5.01 Å². The highest BCUT2D eigenvalue weighted by atomic mass is 79.9. The molecule has 6 nitrogen and oxygen atoms in total. The van der Waals surface area contributed by atoms with Gasteiger partial charge in [0.1, 0.15) is 6.54 Å². The Bertz CT molecular complexity index is 1290. The average molecular weight is 574 g/mol. The molecule has 6 atom stereocenters. The third kappa shape index (κ3) is 3.59. The number of hydrazine groups is 1. The highest BCUT2D eigenvalue weighted by Crippen LogP contribution is 2.65. The van der Waals surface area contributed by atoms with Crippen LogP contribution in [-0.2, 0) is 9.59 Å². The molecule has 0 radical (unpaired) electrons. The second-order valence-electron chi connectivity index (χ2n) is 9.56. The van der Waals surface area contributed by atoms with E-state index in [-0.39, 0.29) is 22.4 Å². The molecule has 0 spiro atoms. The summed E-state index contributed by atoms with van der Waals surface area (Å²) in [4.78, 5) is 54.3. The van der Waals surface area contributed by atoms with E-state index in [1.165, 1.54) is 18.2 Å². The van der Waals surface area contributed by atoms with Crippen LogP contribution in [0.3, 0.4) is 0 Å². The van der Waals surface area contributed by atoms with Gasteiger partial charge in [-0.05, 0) is 60.4 Å². The highest BCUT2D eigenvalue weighted by Gasteiger charge is 2.68. The van der Waals surface area contributed by atoms with Crippen LogP contribution < -0.4 is 0 Å². The fraction of sp³-hybridized carbons (Fsp3) is 0.308. The minimum atomic E-state index is -0.706. The van der Waals surface area contributed by atoms with Crippen LogP contribution in [0.1, 0.15) is 27.1 Å². The lowest BCUT2D eigenvalue weighted by atomic mass is 9.63. The molecular formula is C26H19BrCl2N2O4. The first-order chi connectivity index (χ1) is 16.8. The van der Waals surface area contributed by atoms with Gasteiger partial charge >= 0.3 is 0 Å². The molecule has 1 saturated heterocycles. The Morgan fingerprint density at radius 2 is 1.54 bits per heavy atom. The molecule has 3 fully saturated rings. The van der Waals surface area contributed by atoms with Gasteiger partial charge in [-0.1, -0.05) is 63.4 Å². The average Bonchev–Trinajstić information content (AvgIpc) is 3.61. The lowest BCUT2D eigenvalue weighted by Gasteiger charge is -2.37. The van der Waals surface area contributed by atoms with Crippen molar-refractivity contribution >= 4 is 62.6 Å². The van der Waals surface area contributed by atoms with E-state index in [9.17, 15) is 19.2 Å². The molecule has 0 N–H and O–H groups in total. The van der Waals surface area contributed by atoms with Gasteiger partial charge in [0, 0.05) is 15.1 Å². The molecule has 1 heterocycles. The van der Waals surface area contributed by atoms with E-state index < -0.39 is 41.9 Å². The normalized spacial score (nSPS) is 29.7. The number of nitrogens with zero attached hydrogens (tertiary/aromatic N) is 2. The van der Waals surface area contributed by atoms with Gasteiger partial charge in [0.05, 0.1) is 22.4 Å². The van der Waals surface area contributed by atoms with Crippen LogP contribution in [0.25, 0.3) is 0 Å². The van der Waals surface area contributed by atoms with E-state index in [1.54, 1.807) is 24.3 Å². The molecule has 3 amide bonds. The number of ketones is 1. The van der Waals surface area contributed by atoms with Gasteiger partial charge in [-0.25, -0.2) is 5.01 Å². The van der Waals surface area contributed by atoms with E-state index in [1.807, 2.05) is 0 Å². The predicted octanol–water partition coefficient (Wildman–Crippen LogP) is 5.05. The van der Waals surface area contributed by atoms with Gasteiger partial charge in [-0.3, -0.25) is 19.2 Å². The number of hydrogen-bond donors (Lipinski definition) is 0. The number of carbonyl (C=O) groups is 4. The highest BCUT2D eigenvalue weighted by molar-refractivity contribution is 9.10. The lowest BCUT2D eigenvalue weighted by Crippen LogP contribution is -2.52. The summed E-state index contributed by atoms with van der Waals surface area (Å²) in [6.45, 7) is -0.480. The van der Waals surface area contributed by atoms with Crippen LogP contribution in [0.2, 0.25) is 10.0 Å². The summed E-state index contributed by atoms with van der Waals surface area (Å²) >= 11 is 15.6. The summed E-state index contributed by atoms with van der Waals surface area (Å²) in [5.74, 6) is -2.13. The maximum absolute atomic E-state index is 13.7. The molecule has 5 aliphatic rings. The van der Waals surface area contributed by atoms with Crippen molar-refractivity contribution in [3.8, 4) is 0 Å². The summed E-state index contributed by atoms with van der Waals surface area (Å²) in [5.41, 5.74) is 0.409. The number of hydrogen-bond acceptors (Lipinski definition) is 4. The largest absolute Gasteiger partial charge is 0.292 e. The molecule has 7 rings (SSSR count). The first kappa shape index (κ1) is 23.0. The third-order valence-electron chi connectivity index (χ3n) is 7.74. The van der Waals surface area contributed by atoms with Crippen molar-refractivity contribution < 1.29 is 19.2 Å². The Morgan fingerprint density at radius 1 is 0.943 bits per heavy atom. The van der Waals surface area contributed by atoms with Gasteiger partial charge in [-0.15, -0.1) is 0 Å². The van der Waals surface area contributed by atoms with Gasteiger partial charge in [0.25, 0.3) is 17.7 Å². The number of Topliss-reactive ketones (excluding diaryl/α,β-unsaturated/α-hetero) is 1. The Morgan fingerprint density at radius 3 is 2.11 bits per heavy atom. The second kappa shape index (κ2) is 8.29. The monoisotopic (exact) mass is 572 g/mol. The molecule has 0 aromatic heterocycles. The van der Waals surface area contributed by atoms with Crippen LogP contribution in [0.4, 0.5) is 0 Å². The number of rotatable bonds is 5. The van der Waals surface area contributed by atoms with Crippen LogP contribution >= 0.6 is 39.1 Å². The number of benzene rings is 2. The van der Waals surface area contributed by atoms with Crippen molar-refractivity contribution in [3.63, 3.8) is 0 Å². The molecular weight excluding hydrogens is 555 g/mol. The second-order valence-corrected chi connectivity index (χ2v) is 11.3. The zero-order valence-electron chi connectivity index (χ0n) is 18.2. The topological polar surface area (TPSA) is 74.8 Å². The Balaban J connectivity index is 1.38. The molecule has 2 aromatic rings. The van der Waals surface area contributed by atoms with E-state index in [4.69, 9.17) is 23.2 Å². The standard InChI is InChI=1S/C26H19BrCl2N2O4/c27-13-3-1-12(2-4-13)21(32)11-30(24(33)17-6-5-14(28)9-20(17)29)31-25(34)22-15-7-8-16(19-10-18(15)19)23(22)26(31)35/h1-9,15-16,18-19,22-23H,10-11H2/t15-,16-,18-,19-,22-,23+/m0/s1. The molecule has 9 heteroatoms. The van der Waals surface area contributed by atoms with E-state index in [0.717, 1.165) is 20.9 Å². The fourth-order valence-electron chi connectivity index (χ4n) is 6.08. The molecule has 2 bridgehead atoms. The molecule has 178 valence electrons. The van der Waals surface area contributed by atoms with Crippen molar-refractivity contribution in [3.05, 3.63) is 80.3 Å². The zero-order valence-corrected chi connectivity index (χ0v) is 21.3. The Kier molecular flexibility index (Phi) is 5.43. The van der Waals surface area contributed by atoms with Crippen LogP contribution in [0.5, 0.6) is 0 Å². The summed E-state index contributed by atoms with van der Waals surface area (Å²) < 4.78 is 0.797. The van der Waals surface area contributed by atoms with Crippen molar-refractivity contribution in [2.24, 2.45) is 35.5 Å². The SMILES string of the molecule is O=C(CN(C(=O)c1ccc(Cl)cc1Cl)N1C(=O)[C@@H]2[C@H]3C=C[C@@H]([C@@H]4C[C@@H]34)[C@@H]2C1=O)c1ccc(Br)cc1. The molecule has 1 aliphatic heterocycles. The lowest BCUT2D eigenvalue weighted by molar-refractivity contribution is -0.154. The zero-order chi connectivity index (χ0) is 24.6. The van der Waals surface area contributed by atoms with Crippen molar-refractivity contribution in [1.29, 1.82) is 0 Å². The summed E-state index contributed by atoms with van der Waals surface area (Å²) in [7, 11) is 0. The number of halogens is 3. The first-order valence-electron chi connectivity index (χ1n) is 11.4. The van der Waals surface area contributed by atoms with E-state index in [0.29, 0.717) is 22.4 Å². The minimum absolute atomic E-state index is 0.00491. The van der Waals surface area contributed by atoms with Crippen molar-refractivity contribution in [1.82, 2.24) is 10.0 Å². The van der Waals surface area contributed by atoms with Crippen LogP contribution in [0.15, 0.2) is 59.1 Å². The molecule has 2 saturated carbocycles. The van der Waals surface area contributed by atoms with Gasteiger partial charge in [0.15, 0.2) is 5.78 Å². The quantitative estimate of drug-likeness (QED) is 0.285. The number of carbonyl (C=O) groups excluding carboxylic acids is 4. The maximum Gasteiger partial charge on any atom is 0.274 e. The number of imide groups is 1. The summed E-state index contributed by atoms with van der Waals surface area (Å²) in [6, 6.07) is 11.0. The van der Waals surface area contributed by atoms with E-state index >= 15 is 0 Å². The molecule has 4 aliphatic carbocycles. The number of amides is 3. The fourth-order valence-corrected chi connectivity index (χ4v) is 6.83. The minimum Gasteiger partial charge on any atom is -0.292 e. The molecule has 2 aromatic carbocycles. The van der Waals surface area contributed by atoms with Crippen LogP contribution in [0, 0.1) is 35.5 Å². The summed E-state index contributed by atoms with van der Waals surface area (Å²) in [5, 5.41) is 2.29. The molecule has 35 heavy (non-hydrogen) atoms. The Labute approximate surface area is 219 Å². The Hall–Kier alpha value is -2.48. The summed E-state index contributed by atoms with van der Waals surface area (Å²) in [6.07, 6.45) is 5.15. The van der Waals surface area contributed by atoms with E-state index in [2.05, 4.69) is 28.1 Å². The third-order valence-corrected chi connectivity index (χ3v) is 8.81. The maximum atomic E-state index is 13.7. The van der Waals surface area contributed by atoms with Crippen molar-refractivity contribution in [2.45, 2.75) is 6.42 Å². The smallest absolute Gasteiger partial charge is 0.274 e. The van der Waals surface area contributed by atoms with Gasteiger partial charge in [0.2, 0.25) is 0 Å².